The van der Waals surface area contributed by atoms with Crippen molar-refractivity contribution in [1.29, 1.82) is 0 Å². The van der Waals surface area contributed by atoms with Gasteiger partial charge < -0.3 is 20.5 Å². The summed E-state index contributed by atoms with van der Waals surface area (Å²) < 4.78 is 36.5. The number of carbonyl (C=O) groups is 1. The summed E-state index contributed by atoms with van der Waals surface area (Å²) >= 11 is 0. The Morgan fingerprint density at radius 2 is 1.80 bits per heavy atom. The number of hydrogen-bond acceptors (Lipinski definition) is 8. The van der Waals surface area contributed by atoms with Crippen LogP contribution in [-0.2, 0) is 0 Å². The van der Waals surface area contributed by atoms with Crippen LogP contribution in [-0.4, -0.2) is 48.0 Å². The SMILES string of the molecule is CC(CO)Nc1n[nH]c2nccc(Oc3ccc(NC(=O)c4cn(C(C)C)c(=O)n(-c5ccc(F)cc5)c4=O)cc3F)c12.Cl. The van der Waals surface area contributed by atoms with Crippen LogP contribution < -0.4 is 26.6 Å². The molecule has 1 unspecified atom stereocenters. The zero-order valence-corrected chi connectivity index (χ0v) is 24.5. The first-order valence-electron chi connectivity index (χ1n) is 13.2. The number of anilines is 2. The number of carbonyl (C=O) groups excluding carboxylic acids is 1. The highest BCUT2D eigenvalue weighted by molar-refractivity contribution is 6.04. The summed E-state index contributed by atoms with van der Waals surface area (Å²) in [6, 6.07) is 9.18. The molecular formula is C29H28ClF2N7O5. The van der Waals surface area contributed by atoms with Gasteiger partial charge in [0.15, 0.2) is 23.0 Å². The van der Waals surface area contributed by atoms with E-state index in [4.69, 9.17) is 4.74 Å². The molecule has 0 aliphatic heterocycles. The highest BCUT2D eigenvalue weighted by Crippen LogP contribution is 2.34. The fourth-order valence-electron chi connectivity index (χ4n) is 4.29. The van der Waals surface area contributed by atoms with Gasteiger partial charge in [0.2, 0.25) is 0 Å². The minimum absolute atomic E-state index is 0. The normalized spacial score (nSPS) is 11.7. The molecule has 5 rings (SSSR count). The standard InChI is InChI=1S/C29H27F2N7O5.ClH/c1-15(2)37-13-20(28(41)38(29(37)42)19-7-4-17(30)5-8-19)27(40)34-18-6-9-22(21(31)12-18)43-23-10-11-32-25-24(23)26(36-35-25)33-16(3)14-39;/h4-13,15-16,39H,14H2,1-3H3,(H,34,40)(H2,32,33,35,36);1H. The van der Waals surface area contributed by atoms with E-state index >= 15 is 4.39 Å². The van der Waals surface area contributed by atoms with Crippen molar-refractivity contribution in [3.05, 3.63) is 99.0 Å². The molecular weight excluding hydrogens is 600 g/mol. The molecule has 0 aliphatic carbocycles. The molecule has 0 saturated heterocycles. The molecule has 0 saturated carbocycles. The number of H-pyrrole nitrogens is 1. The minimum Gasteiger partial charge on any atom is -0.453 e. The molecule has 15 heteroatoms. The van der Waals surface area contributed by atoms with Gasteiger partial charge in [-0.2, -0.15) is 5.10 Å². The molecule has 0 spiro atoms. The molecule has 5 aromatic rings. The molecule has 44 heavy (non-hydrogen) atoms. The van der Waals surface area contributed by atoms with E-state index < -0.39 is 34.8 Å². The van der Waals surface area contributed by atoms with Gasteiger partial charge in [0, 0.05) is 42.3 Å². The van der Waals surface area contributed by atoms with Gasteiger partial charge in [0.05, 0.1) is 12.3 Å². The Hall–Kier alpha value is -5.08. The number of halogens is 3. The van der Waals surface area contributed by atoms with E-state index in [1.165, 1.54) is 41.1 Å². The number of ether oxygens (including phenoxy) is 1. The number of aromatic nitrogens is 5. The summed E-state index contributed by atoms with van der Waals surface area (Å²) in [5.41, 5.74) is -1.53. The number of aliphatic hydroxyl groups is 1. The second-order valence-electron chi connectivity index (χ2n) is 9.98. The van der Waals surface area contributed by atoms with Crippen molar-refractivity contribution in [2.75, 3.05) is 17.2 Å². The van der Waals surface area contributed by atoms with E-state index in [0.29, 0.717) is 16.9 Å². The number of nitrogens with zero attached hydrogens (tertiary/aromatic N) is 4. The maximum absolute atomic E-state index is 15.2. The first-order valence-corrected chi connectivity index (χ1v) is 13.2. The number of aliphatic hydroxyl groups excluding tert-OH is 1. The lowest BCUT2D eigenvalue weighted by molar-refractivity contribution is 0.102. The summed E-state index contributed by atoms with van der Waals surface area (Å²) in [7, 11) is 0. The summed E-state index contributed by atoms with van der Waals surface area (Å²) in [6.07, 6.45) is 2.60. The number of amides is 1. The first kappa shape index (κ1) is 31.8. The van der Waals surface area contributed by atoms with Crippen LogP contribution in [0, 0.1) is 11.6 Å². The van der Waals surface area contributed by atoms with E-state index in [-0.39, 0.29) is 53.5 Å². The molecule has 230 valence electrons. The monoisotopic (exact) mass is 627 g/mol. The van der Waals surface area contributed by atoms with Crippen molar-refractivity contribution in [3.8, 4) is 17.2 Å². The van der Waals surface area contributed by atoms with Gasteiger partial charge in [-0.05, 0) is 57.2 Å². The van der Waals surface area contributed by atoms with Crippen molar-refractivity contribution in [2.45, 2.75) is 32.9 Å². The molecule has 12 nitrogen and oxygen atoms in total. The second kappa shape index (κ2) is 13.1. The van der Waals surface area contributed by atoms with Gasteiger partial charge in [0.25, 0.3) is 11.5 Å². The van der Waals surface area contributed by atoms with Crippen LogP contribution in [0.4, 0.5) is 20.3 Å². The third-order valence-electron chi connectivity index (χ3n) is 6.49. The van der Waals surface area contributed by atoms with E-state index in [0.717, 1.165) is 29.0 Å². The van der Waals surface area contributed by atoms with Crippen LogP contribution in [0.5, 0.6) is 11.5 Å². The molecule has 3 aromatic heterocycles. The third kappa shape index (κ3) is 6.31. The van der Waals surface area contributed by atoms with Crippen LogP contribution in [0.3, 0.4) is 0 Å². The quantitative estimate of drug-likeness (QED) is 0.187. The predicted octanol–water partition coefficient (Wildman–Crippen LogP) is 4.39. The fourth-order valence-corrected chi connectivity index (χ4v) is 4.29. The first-order chi connectivity index (χ1) is 20.6. The number of nitrogens with one attached hydrogen (secondary N) is 3. The molecule has 0 aliphatic rings. The lowest BCUT2D eigenvalue weighted by Crippen LogP contribution is -2.42. The van der Waals surface area contributed by atoms with E-state index in [1.807, 2.05) is 0 Å². The van der Waals surface area contributed by atoms with Crippen molar-refractivity contribution in [3.63, 3.8) is 0 Å². The van der Waals surface area contributed by atoms with Gasteiger partial charge >= 0.3 is 5.69 Å². The number of benzene rings is 2. The minimum atomic E-state index is -0.923. The van der Waals surface area contributed by atoms with Crippen molar-refractivity contribution >= 4 is 40.9 Å². The lowest BCUT2D eigenvalue weighted by Gasteiger charge is -2.16. The van der Waals surface area contributed by atoms with Crippen LogP contribution in [0.15, 0.2) is 70.5 Å². The van der Waals surface area contributed by atoms with Gasteiger partial charge in [-0.3, -0.25) is 19.3 Å². The largest absolute Gasteiger partial charge is 0.453 e. The van der Waals surface area contributed by atoms with Crippen LogP contribution >= 0.6 is 12.4 Å². The summed E-state index contributed by atoms with van der Waals surface area (Å²) in [6.45, 7) is 5.00. The molecule has 0 fully saturated rings. The Kier molecular flexibility index (Phi) is 9.45. The highest BCUT2D eigenvalue weighted by atomic mass is 35.5. The summed E-state index contributed by atoms with van der Waals surface area (Å²) in [5.74, 6) is -1.83. The Morgan fingerprint density at radius 1 is 1.07 bits per heavy atom. The van der Waals surface area contributed by atoms with Crippen LogP contribution in [0.1, 0.15) is 37.2 Å². The topological polar surface area (TPSA) is 156 Å². The second-order valence-corrected chi connectivity index (χ2v) is 9.98. The van der Waals surface area contributed by atoms with Gasteiger partial charge in [-0.25, -0.2) is 23.1 Å². The molecule has 4 N–H and O–H groups in total. The Bertz CT molecular complexity index is 1940. The predicted molar refractivity (Wildman–Crippen MR) is 162 cm³/mol. The molecule has 3 heterocycles. The highest BCUT2D eigenvalue weighted by Gasteiger charge is 2.21. The number of rotatable bonds is 9. The number of fused-ring (bicyclic) bond motifs is 1. The molecule has 1 amide bonds. The van der Waals surface area contributed by atoms with E-state index in [9.17, 15) is 23.9 Å². The third-order valence-corrected chi connectivity index (χ3v) is 6.49. The van der Waals surface area contributed by atoms with Crippen molar-refractivity contribution < 1.29 is 23.4 Å². The smallest absolute Gasteiger partial charge is 0.335 e. The van der Waals surface area contributed by atoms with E-state index in [2.05, 4.69) is 25.8 Å². The van der Waals surface area contributed by atoms with Crippen molar-refractivity contribution in [1.82, 2.24) is 24.3 Å². The maximum Gasteiger partial charge on any atom is 0.335 e. The average Bonchev–Trinajstić information content (AvgIpc) is 3.38. The lowest BCUT2D eigenvalue weighted by atomic mass is 10.2. The van der Waals surface area contributed by atoms with Crippen LogP contribution in [0.2, 0.25) is 0 Å². The zero-order valence-electron chi connectivity index (χ0n) is 23.7. The van der Waals surface area contributed by atoms with Crippen molar-refractivity contribution in [2.24, 2.45) is 0 Å². The van der Waals surface area contributed by atoms with Gasteiger partial charge in [-0.15, -0.1) is 12.4 Å². The fraction of sp³-hybridized carbons (Fsp3) is 0.207. The van der Waals surface area contributed by atoms with Gasteiger partial charge in [-0.1, -0.05) is 0 Å². The maximum atomic E-state index is 15.2. The van der Waals surface area contributed by atoms with Crippen LogP contribution in [0.25, 0.3) is 16.7 Å². The Labute approximate surface area is 254 Å². The summed E-state index contributed by atoms with van der Waals surface area (Å²) in [5, 5.41) is 22.2. The molecule has 0 bridgehead atoms. The molecule has 2 aromatic carbocycles. The number of pyridine rings is 1. The number of aromatic amines is 1. The van der Waals surface area contributed by atoms with E-state index in [1.54, 1.807) is 20.8 Å². The van der Waals surface area contributed by atoms with Gasteiger partial charge in [0.1, 0.15) is 22.5 Å². The average molecular weight is 628 g/mol. The Morgan fingerprint density at radius 3 is 2.45 bits per heavy atom. The summed E-state index contributed by atoms with van der Waals surface area (Å²) in [4.78, 5) is 43.7. The number of hydrogen-bond donors (Lipinski definition) is 4. The molecule has 0 radical (unpaired) electrons. The zero-order chi connectivity index (χ0) is 30.8. The Balaban J connectivity index is 0.00000442. The molecule has 1 atom stereocenters.